The Hall–Kier alpha value is -3.54. The van der Waals surface area contributed by atoms with Crippen molar-refractivity contribution < 1.29 is 14.4 Å². The van der Waals surface area contributed by atoms with Crippen LogP contribution in [0.15, 0.2) is 24.4 Å². The number of fused-ring (bicyclic) bond motifs is 1. The first-order valence-electron chi connectivity index (χ1n) is 9.13. The zero-order valence-corrected chi connectivity index (χ0v) is 15.1. The van der Waals surface area contributed by atoms with Crippen LogP contribution in [-0.4, -0.2) is 43.7 Å². The number of hydrogen-bond donors (Lipinski definition) is 1. The van der Waals surface area contributed by atoms with E-state index in [1.165, 1.54) is 4.90 Å². The molecule has 3 amide bonds. The van der Waals surface area contributed by atoms with Crippen LogP contribution in [0.3, 0.4) is 0 Å². The molecule has 9 heteroatoms. The van der Waals surface area contributed by atoms with Crippen molar-refractivity contribution >= 4 is 17.7 Å². The normalized spacial score (nSPS) is 18.8. The van der Waals surface area contributed by atoms with E-state index in [-0.39, 0.29) is 18.2 Å². The number of nitriles is 1. The molecule has 0 radical (unpaired) electrons. The minimum atomic E-state index is -0.626. The second-order valence-corrected chi connectivity index (χ2v) is 6.91. The standard InChI is InChI=1S/C19H18N6O3/c20-8-2-1-3-13-11-25(23-22-13)14-5-4-12-10-24(19(28)15(12)9-14)16-6-7-17(26)21-18(16)27/h4-5,9,11,16H,1-3,6-7,10H2,(H,21,26,27). The molecule has 142 valence electrons. The van der Waals surface area contributed by atoms with E-state index in [9.17, 15) is 14.4 Å². The summed E-state index contributed by atoms with van der Waals surface area (Å²) in [5.41, 5.74) is 2.86. The van der Waals surface area contributed by atoms with Gasteiger partial charge in [-0.25, -0.2) is 4.68 Å². The molecule has 1 aromatic heterocycles. The van der Waals surface area contributed by atoms with Gasteiger partial charge in [0.05, 0.1) is 23.6 Å². The van der Waals surface area contributed by atoms with Gasteiger partial charge in [0.1, 0.15) is 6.04 Å². The van der Waals surface area contributed by atoms with Gasteiger partial charge >= 0.3 is 0 Å². The quantitative estimate of drug-likeness (QED) is 0.609. The zero-order chi connectivity index (χ0) is 19.7. The summed E-state index contributed by atoms with van der Waals surface area (Å²) < 4.78 is 1.60. The lowest BCUT2D eigenvalue weighted by Crippen LogP contribution is -2.52. The van der Waals surface area contributed by atoms with Gasteiger partial charge in [0, 0.05) is 24.9 Å². The maximum absolute atomic E-state index is 12.9. The maximum Gasteiger partial charge on any atom is 0.255 e. The number of amides is 3. The fourth-order valence-corrected chi connectivity index (χ4v) is 3.57. The average Bonchev–Trinajstić information content (AvgIpc) is 3.27. The second kappa shape index (κ2) is 7.23. The van der Waals surface area contributed by atoms with Gasteiger partial charge < -0.3 is 4.90 Å². The number of nitrogens with zero attached hydrogens (tertiary/aromatic N) is 5. The summed E-state index contributed by atoms with van der Waals surface area (Å²) in [6, 6.07) is 6.93. The van der Waals surface area contributed by atoms with Gasteiger partial charge in [0.25, 0.3) is 5.91 Å². The summed E-state index contributed by atoms with van der Waals surface area (Å²) in [5.74, 6) is -0.943. The van der Waals surface area contributed by atoms with Crippen molar-refractivity contribution in [2.75, 3.05) is 0 Å². The summed E-state index contributed by atoms with van der Waals surface area (Å²) in [6.07, 6.45) is 4.22. The Bertz CT molecular complexity index is 1010. The molecule has 2 aliphatic heterocycles. The molecule has 1 saturated heterocycles. The van der Waals surface area contributed by atoms with Crippen LogP contribution in [0.25, 0.3) is 5.69 Å². The van der Waals surface area contributed by atoms with Crippen molar-refractivity contribution in [2.45, 2.75) is 44.7 Å². The third-order valence-corrected chi connectivity index (χ3v) is 5.04. The number of aromatic nitrogens is 3. The number of piperidine rings is 1. The van der Waals surface area contributed by atoms with Crippen LogP contribution in [-0.2, 0) is 22.6 Å². The van der Waals surface area contributed by atoms with Crippen LogP contribution in [0, 0.1) is 11.3 Å². The number of imide groups is 1. The molecule has 0 aliphatic carbocycles. The Balaban J connectivity index is 1.53. The van der Waals surface area contributed by atoms with Gasteiger partial charge in [-0.05, 0) is 37.0 Å². The lowest BCUT2D eigenvalue weighted by Gasteiger charge is -2.29. The van der Waals surface area contributed by atoms with Crippen LogP contribution in [0.1, 0.15) is 47.3 Å². The highest BCUT2D eigenvalue weighted by Gasteiger charge is 2.39. The van der Waals surface area contributed by atoms with Gasteiger partial charge in [-0.1, -0.05) is 11.3 Å². The Morgan fingerprint density at radius 3 is 2.93 bits per heavy atom. The molecular weight excluding hydrogens is 360 g/mol. The number of aryl methyl sites for hydroxylation is 1. The predicted octanol–water partition coefficient (Wildman–Crippen LogP) is 0.875. The lowest BCUT2D eigenvalue weighted by atomic mass is 10.0. The van der Waals surface area contributed by atoms with Gasteiger partial charge in [-0.2, -0.15) is 5.26 Å². The second-order valence-electron chi connectivity index (χ2n) is 6.91. The van der Waals surface area contributed by atoms with E-state index in [1.807, 2.05) is 12.1 Å². The molecule has 0 saturated carbocycles. The van der Waals surface area contributed by atoms with E-state index in [1.54, 1.807) is 16.9 Å². The largest absolute Gasteiger partial charge is 0.322 e. The highest BCUT2D eigenvalue weighted by atomic mass is 16.2. The molecular formula is C19H18N6O3. The summed E-state index contributed by atoms with van der Waals surface area (Å²) in [6.45, 7) is 0.345. The molecule has 1 unspecified atom stereocenters. The predicted molar refractivity (Wildman–Crippen MR) is 96.0 cm³/mol. The third-order valence-electron chi connectivity index (χ3n) is 5.04. The molecule has 1 N–H and O–H groups in total. The fraction of sp³-hybridized carbons (Fsp3) is 0.368. The van der Waals surface area contributed by atoms with Crippen molar-refractivity contribution in [3.05, 3.63) is 41.2 Å². The minimum absolute atomic E-state index is 0.222. The Kier molecular flexibility index (Phi) is 4.61. The molecule has 1 atom stereocenters. The topological polar surface area (TPSA) is 121 Å². The van der Waals surface area contributed by atoms with E-state index < -0.39 is 11.9 Å². The number of carbonyl (C=O) groups excluding carboxylic acids is 3. The van der Waals surface area contributed by atoms with Gasteiger partial charge in [-0.3, -0.25) is 19.7 Å². The van der Waals surface area contributed by atoms with Crippen molar-refractivity contribution in [3.63, 3.8) is 0 Å². The van der Waals surface area contributed by atoms with Gasteiger partial charge in [-0.15, -0.1) is 5.10 Å². The third kappa shape index (κ3) is 3.24. The van der Waals surface area contributed by atoms with Crippen molar-refractivity contribution in [1.29, 1.82) is 5.26 Å². The molecule has 0 bridgehead atoms. The zero-order valence-electron chi connectivity index (χ0n) is 15.1. The highest BCUT2D eigenvalue weighted by molar-refractivity contribution is 6.05. The molecule has 4 rings (SSSR count). The number of hydrogen-bond acceptors (Lipinski definition) is 6. The Morgan fingerprint density at radius 1 is 1.29 bits per heavy atom. The first-order valence-corrected chi connectivity index (χ1v) is 9.13. The van der Waals surface area contributed by atoms with E-state index in [4.69, 9.17) is 5.26 Å². The minimum Gasteiger partial charge on any atom is -0.322 e. The SMILES string of the molecule is N#CCCCc1cn(-c2ccc3c(c2)C(=O)N(C2CCC(=O)NC2=O)C3)nn1. The van der Waals surface area contributed by atoms with E-state index >= 15 is 0 Å². The summed E-state index contributed by atoms with van der Waals surface area (Å²) >= 11 is 0. The van der Waals surface area contributed by atoms with E-state index in [0.717, 1.165) is 17.7 Å². The summed E-state index contributed by atoms with van der Waals surface area (Å²) in [7, 11) is 0. The highest BCUT2D eigenvalue weighted by Crippen LogP contribution is 2.29. The molecule has 2 aromatic rings. The first kappa shape index (κ1) is 17.9. The molecule has 9 nitrogen and oxygen atoms in total. The Labute approximate surface area is 160 Å². The van der Waals surface area contributed by atoms with Crippen LogP contribution >= 0.6 is 0 Å². The number of unbranched alkanes of at least 4 members (excludes halogenated alkanes) is 1. The molecule has 0 spiro atoms. The van der Waals surface area contributed by atoms with Crippen LogP contribution < -0.4 is 5.32 Å². The van der Waals surface area contributed by atoms with Crippen LogP contribution in [0.2, 0.25) is 0 Å². The van der Waals surface area contributed by atoms with E-state index in [2.05, 4.69) is 21.7 Å². The average molecular weight is 378 g/mol. The fourth-order valence-electron chi connectivity index (χ4n) is 3.57. The molecule has 28 heavy (non-hydrogen) atoms. The first-order chi connectivity index (χ1) is 13.6. The molecule has 2 aliphatic rings. The van der Waals surface area contributed by atoms with Crippen LogP contribution in [0.4, 0.5) is 0 Å². The molecule has 1 fully saturated rings. The number of nitrogens with one attached hydrogen (secondary N) is 1. The Morgan fingerprint density at radius 2 is 2.14 bits per heavy atom. The molecule has 1 aromatic carbocycles. The number of rotatable bonds is 5. The maximum atomic E-state index is 12.9. The number of benzene rings is 1. The van der Waals surface area contributed by atoms with Gasteiger partial charge in [0.15, 0.2) is 0 Å². The summed E-state index contributed by atoms with van der Waals surface area (Å²) in [5, 5.41) is 19.1. The smallest absolute Gasteiger partial charge is 0.255 e. The summed E-state index contributed by atoms with van der Waals surface area (Å²) in [4.78, 5) is 37.9. The van der Waals surface area contributed by atoms with E-state index in [0.29, 0.717) is 37.1 Å². The van der Waals surface area contributed by atoms with Crippen molar-refractivity contribution in [3.8, 4) is 11.8 Å². The van der Waals surface area contributed by atoms with Crippen molar-refractivity contribution in [1.82, 2.24) is 25.2 Å². The van der Waals surface area contributed by atoms with Crippen molar-refractivity contribution in [2.24, 2.45) is 0 Å². The van der Waals surface area contributed by atoms with Crippen LogP contribution in [0.5, 0.6) is 0 Å². The number of carbonyl (C=O) groups is 3. The molecule has 3 heterocycles. The lowest BCUT2D eigenvalue weighted by molar-refractivity contribution is -0.136. The van der Waals surface area contributed by atoms with Gasteiger partial charge in [0.2, 0.25) is 11.8 Å². The monoisotopic (exact) mass is 378 g/mol.